The van der Waals surface area contributed by atoms with Gasteiger partial charge in [0.15, 0.2) is 0 Å². The van der Waals surface area contributed by atoms with Crippen LogP contribution in [0.5, 0.6) is 0 Å². The smallest absolute Gasteiger partial charge is 0.335 e. The van der Waals surface area contributed by atoms with Crippen molar-refractivity contribution < 1.29 is 19.8 Å². The first-order chi connectivity index (χ1) is 10.4. The lowest BCUT2D eigenvalue weighted by Crippen LogP contribution is -2.03. The van der Waals surface area contributed by atoms with Crippen LogP contribution in [0.1, 0.15) is 22.5 Å². The number of aliphatic carboxylic acids is 1. The molecule has 8 heteroatoms. The molecule has 1 aromatic carbocycles. The molecule has 2 heterocycles. The van der Waals surface area contributed by atoms with Crippen LogP contribution >= 0.6 is 15.9 Å². The summed E-state index contributed by atoms with van der Waals surface area (Å²) in [5.74, 6) is -1.23. The fraction of sp³-hybridized carbons (Fsp3) is 0.214. The first-order valence-electron chi connectivity index (χ1n) is 6.50. The van der Waals surface area contributed by atoms with Crippen molar-refractivity contribution in [3.8, 4) is 0 Å². The second-order valence-corrected chi connectivity index (χ2v) is 5.70. The van der Waals surface area contributed by atoms with Crippen LogP contribution in [0.2, 0.25) is 0 Å². The van der Waals surface area contributed by atoms with Crippen LogP contribution in [0.25, 0.3) is 16.8 Å². The number of aromatic nitrogens is 3. The second kappa shape index (κ2) is 5.13. The van der Waals surface area contributed by atoms with Gasteiger partial charge in [-0.3, -0.25) is 9.20 Å². The predicted octanol–water partition coefficient (Wildman–Crippen LogP) is 2.30. The molecule has 0 saturated heterocycles. The largest absolute Gasteiger partial charge is 0.481 e. The summed E-state index contributed by atoms with van der Waals surface area (Å²) in [6.07, 6.45) is 0.408. The van der Waals surface area contributed by atoms with E-state index < -0.39 is 11.9 Å². The third-order valence-electron chi connectivity index (χ3n) is 3.60. The molecule has 0 aliphatic rings. The summed E-state index contributed by atoms with van der Waals surface area (Å²) in [5, 5.41) is 17.9. The van der Waals surface area contributed by atoms with Gasteiger partial charge >= 0.3 is 11.9 Å². The van der Waals surface area contributed by atoms with Gasteiger partial charge in [-0.2, -0.15) is 0 Å². The fourth-order valence-corrected chi connectivity index (χ4v) is 3.32. The first kappa shape index (κ1) is 14.6. The van der Waals surface area contributed by atoms with Crippen molar-refractivity contribution in [2.75, 3.05) is 0 Å². The zero-order valence-corrected chi connectivity index (χ0v) is 13.2. The van der Waals surface area contributed by atoms with Crippen molar-refractivity contribution in [1.29, 1.82) is 0 Å². The van der Waals surface area contributed by atoms with E-state index in [1.165, 1.54) is 12.1 Å². The Hall–Kier alpha value is -2.35. The maximum atomic E-state index is 11.0. The summed E-state index contributed by atoms with van der Waals surface area (Å²) < 4.78 is 4.39. The molecule has 0 aliphatic carbocycles. The Bertz CT molecular complexity index is 925. The van der Waals surface area contributed by atoms with Crippen molar-refractivity contribution in [2.24, 2.45) is 7.05 Å². The zero-order chi connectivity index (χ0) is 16.0. The van der Waals surface area contributed by atoms with Crippen molar-refractivity contribution >= 4 is 44.7 Å². The summed E-state index contributed by atoms with van der Waals surface area (Å²) in [6, 6.07) is 4.74. The molecule has 0 unspecified atom stereocenters. The summed E-state index contributed by atoms with van der Waals surface area (Å²) in [5.41, 5.74) is 2.35. The highest BCUT2D eigenvalue weighted by molar-refractivity contribution is 9.10. The molecule has 114 valence electrons. The Morgan fingerprint density at radius 3 is 2.68 bits per heavy atom. The van der Waals surface area contributed by atoms with E-state index in [0.29, 0.717) is 17.7 Å². The van der Waals surface area contributed by atoms with Crippen LogP contribution in [0, 0.1) is 0 Å². The number of nitrogens with zero attached hydrogens (tertiary/aromatic N) is 3. The molecular formula is C14H12BrN3O4. The van der Waals surface area contributed by atoms with Gasteiger partial charge in [0.1, 0.15) is 4.60 Å². The molecule has 2 aromatic heterocycles. The van der Waals surface area contributed by atoms with Crippen LogP contribution < -0.4 is 0 Å². The van der Waals surface area contributed by atoms with Gasteiger partial charge in [0.05, 0.1) is 28.7 Å². The van der Waals surface area contributed by atoms with Crippen LogP contribution in [0.4, 0.5) is 0 Å². The number of carbonyl (C=O) groups is 2. The van der Waals surface area contributed by atoms with E-state index in [1.54, 1.807) is 13.1 Å². The Morgan fingerprint density at radius 1 is 1.32 bits per heavy atom. The summed E-state index contributed by atoms with van der Waals surface area (Å²) >= 11 is 3.49. The van der Waals surface area contributed by atoms with Gasteiger partial charge in [-0.1, -0.05) is 0 Å². The Morgan fingerprint density at radius 2 is 2.05 bits per heavy atom. The fourth-order valence-electron chi connectivity index (χ4n) is 2.50. The van der Waals surface area contributed by atoms with E-state index in [4.69, 9.17) is 10.2 Å². The van der Waals surface area contributed by atoms with Crippen molar-refractivity contribution in [1.82, 2.24) is 14.0 Å². The molecule has 0 radical (unpaired) electrons. The number of rotatable bonds is 4. The molecule has 0 amide bonds. The Balaban J connectivity index is 2.20. The number of halogens is 1. The monoisotopic (exact) mass is 365 g/mol. The minimum atomic E-state index is -1.000. The number of fused-ring (bicyclic) bond motifs is 3. The highest BCUT2D eigenvalue weighted by atomic mass is 79.9. The minimum absolute atomic E-state index is 0.0285. The molecule has 7 nitrogen and oxygen atoms in total. The molecule has 0 saturated carbocycles. The zero-order valence-electron chi connectivity index (χ0n) is 11.6. The van der Waals surface area contributed by atoms with Crippen LogP contribution in [-0.4, -0.2) is 36.1 Å². The van der Waals surface area contributed by atoms with Crippen LogP contribution in [0.3, 0.4) is 0 Å². The Kier molecular flexibility index (Phi) is 3.40. The molecule has 3 rings (SSSR count). The molecular weight excluding hydrogens is 354 g/mol. The van der Waals surface area contributed by atoms with E-state index in [2.05, 4.69) is 20.9 Å². The normalized spacial score (nSPS) is 11.4. The van der Waals surface area contributed by atoms with Crippen LogP contribution in [-0.2, 0) is 18.3 Å². The molecule has 2 N–H and O–H groups in total. The number of imidazole rings is 2. The van der Waals surface area contributed by atoms with E-state index >= 15 is 0 Å². The van der Waals surface area contributed by atoms with Gasteiger partial charge in [-0.15, -0.1) is 0 Å². The molecule has 0 bridgehead atoms. The number of hydrogen-bond donors (Lipinski definition) is 2. The number of hydrogen-bond acceptors (Lipinski definition) is 3. The van der Waals surface area contributed by atoms with Gasteiger partial charge in [0.2, 0.25) is 5.78 Å². The van der Waals surface area contributed by atoms with Gasteiger partial charge in [-0.05, 0) is 34.1 Å². The first-order valence-corrected chi connectivity index (χ1v) is 7.30. The quantitative estimate of drug-likeness (QED) is 0.739. The minimum Gasteiger partial charge on any atom is -0.481 e. The number of aryl methyl sites for hydroxylation is 1. The van der Waals surface area contributed by atoms with Gasteiger partial charge in [0.25, 0.3) is 0 Å². The average Bonchev–Trinajstić information content (AvgIpc) is 2.94. The van der Waals surface area contributed by atoms with Gasteiger partial charge in [-0.25, -0.2) is 9.78 Å². The maximum absolute atomic E-state index is 11.0. The third-order valence-corrected chi connectivity index (χ3v) is 4.41. The molecule has 22 heavy (non-hydrogen) atoms. The third kappa shape index (κ3) is 2.16. The van der Waals surface area contributed by atoms with E-state index in [1.807, 2.05) is 8.97 Å². The SMILES string of the molecule is Cn1c(CCC(=O)O)c(Br)n2c3ccc(C(=O)O)cc3nc12. The molecule has 0 spiro atoms. The molecule has 0 atom stereocenters. The lowest BCUT2D eigenvalue weighted by atomic mass is 10.2. The predicted molar refractivity (Wildman–Crippen MR) is 82.3 cm³/mol. The highest BCUT2D eigenvalue weighted by Crippen LogP contribution is 2.28. The molecule has 0 fully saturated rings. The van der Waals surface area contributed by atoms with Gasteiger partial charge in [0, 0.05) is 13.5 Å². The average molecular weight is 366 g/mol. The topological polar surface area (TPSA) is 96.8 Å². The van der Waals surface area contributed by atoms with Crippen LogP contribution in [0.15, 0.2) is 22.8 Å². The second-order valence-electron chi connectivity index (χ2n) is 4.95. The summed E-state index contributed by atoms with van der Waals surface area (Å²) in [6.45, 7) is 0. The summed E-state index contributed by atoms with van der Waals surface area (Å²) in [7, 11) is 1.81. The number of benzene rings is 1. The number of aromatic carboxylic acids is 1. The van der Waals surface area contributed by atoms with Crippen molar-refractivity contribution in [2.45, 2.75) is 12.8 Å². The van der Waals surface area contributed by atoms with E-state index in [0.717, 1.165) is 15.8 Å². The van der Waals surface area contributed by atoms with E-state index in [9.17, 15) is 9.59 Å². The lowest BCUT2D eigenvalue weighted by molar-refractivity contribution is -0.137. The summed E-state index contributed by atoms with van der Waals surface area (Å²) in [4.78, 5) is 26.2. The number of carboxylic acid groups (broad SMARTS) is 2. The highest BCUT2D eigenvalue weighted by Gasteiger charge is 2.19. The maximum Gasteiger partial charge on any atom is 0.335 e. The standard InChI is InChI=1S/C14H12BrN3O4/c1-17-10(4-5-11(19)20)12(15)18-9-3-2-7(13(21)22)6-8(9)16-14(17)18/h2-3,6H,4-5H2,1H3,(H,19,20)(H,21,22). The van der Waals surface area contributed by atoms with Gasteiger partial charge < -0.3 is 14.8 Å². The van der Waals surface area contributed by atoms with Crippen molar-refractivity contribution in [3.63, 3.8) is 0 Å². The Labute approximate surface area is 132 Å². The molecule has 3 aromatic rings. The van der Waals surface area contributed by atoms with Crippen molar-refractivity contribution in [3.05, 3.63) is 34.1 Å². The lowest BCUT2D eigenvalue weighted by Gasteiger charge is -2.01. The molecule has 0 aliphatic heterocycles. The number of carboxylic acids is 2. The van der Waals surface area contributed by atoms with E-state index in [-0.39, 0.29) is 12.0 Å².